The van der Waals surface area contributed by atoms with E-state index in [0.29, 0.717) is 0 Å². The summed E-state index contributed by atoms with van der Waals surface area (Å²) in [6.45, 7) is 0. The normalized spacial score (nSPS) is 0. The van der Waals surface area contributed by atoms with Crippen molar-refractivity contribution in [3.8, 4) is 0 Å². The average molecular weight is 344 g/mol. The summed E-state index contributed by atoms with van der Waals surface area (Å²) in [5.41, 5.74) is 0. The van der Waals surface area contributed by atoms with Gasteiger partial charge in [-0.25, -0.2) is 0 Å². The molecule has 0 nitrogen and oxygen atoms in total. The third kappa shape index (κ3) is 25.3. The minimum Gasteiger partial charge on any atom is 0 e. The minimum absolute atomic E-state index is 0. The van der Waals surface area contributed by atoms with Crippen LogP contribution in [0.25, 0.3) is 0 Å². The molecule has 6 heteroatoms. The molecule has 0 aliphatic heterocycles. The third-order valence-corrected chi connectivity index (χ3v) is 0. The zero-order valence-electron chi connectivity index (χ0n) is 1.99. The van der Waals surface area contributed by atoms with E-state index in [9.17, 15) is 0 Å². The first-order chi connectivity index (χ1) is 0. The Hall–Kier alpha value is 3.69. The maximum absolute atomic E-state index is 0. The molecular weight excluding hydrogens is 341 g/mol. The van der Waals surface area contributed by atoms with Gasteiger partial charge in [0.2, 0.25) is 0 Å². The fraction of sp³-hybridized carbons (Fsp3) is 0. The largest absolute Gasteiger partial charge is 0.187 e. The molecule has 0 unspecified atom stereocenters. The van der Waals surface area contributed by atoms with Crippen molar-refractivity contribution >= 4 is 17.4 Å². The Bertz CT molecular complexity index is 15.5. The first-order valence-electron chi connectivity index (χ1n) is 0. The van der Waals surface area contributed by atoms with Crippen LogP contribution in [0.3, 0.4) is 0 Å². The van der Waals surface area contributed by atoms with Crippen molar-refractivity contribution in [3.63, 3.8) is 0 Å². The van der Waals surface area contributed by atoms with Crippen LogP contribution < -0.4 is 0 Å². The molecule has 0 aromatic carbocycles. The van der Waals surface area contributed by atoms with Crippen molar-refractivity contribution in [1.82, 2.24) is 0 Å². The van der Waals surface area contributed by atoms with Crippen LogP contribution in [0.15, 0.2) is 0 Å². The molecule has 0 saturated carbocycles. The van der Waals surface area contributed by atoms with Gasteiger partial charge in [0.05, 0.1) is 0 Å². The van der Waals surface area contributed by atoms with Gasteiger partial charge in [-0.1, -0.05) is 0 Å². The molecule has 0 aromatic rings. The van der Waals surface area contributed by atoms with Crippen LogP contribution in [0.5, 0.6) is 0 Å². The predicted octanol–water partition coefficient (Wildman–Crippen LogP) is -1.20. The first kappa shape index (κ1) is 53.8. The van der Waals surface area contributed by atoms with Crippen molar-refractivity contribution in [2.24, 2.45) is 0 Å². The van der Waals surface area contributed by atoms with E-state index in [1.165, 1.54) is 0 Å². The van der Waals surface area contributed by atoms with Crippen molar-refractivity contribution in [2.75, 3.05) is 0 Å². The standard InChI is InChI=1S/Al.Co.Cr.Fe.Ni.Y.3H. The maximum atomic E-state index is 0. The fourth-order valence-corrected chi connectivity index (χ4v) is 0. The van der Waals surface area contributed by atoms with E-state index in [1.807, 2.05) is 0 Å². The molecule has 42 valence electrons. The van der Waals surface area contributed by atoms with Gasteiger partial charge in [-0.3, -0.25) is 0 Å². The number of hydrogen-bond donors (Lipinski definition) is 0. The molecule has 0 fully saturated rings. The van der Waals surface area contributed by atoms with E-state index in [-0.39, 0.29) is 118 Å². The molecule has 0 aromatic heterocycles. The Morgan fingerprint density at radius 1 is 1.00 bits per heavy atom. The Morgan fingerprint density at radius 3 is 1.00 bits per heavy atom. The smallest absolute Gasteiger partial charge is 0 e. The third-order valence-electron chi connectivity index (χ3n) is 0. The first-order valence-corrected chi connectivity index (χ1v) is 0. The SMILES string of the molecule is [AlH3].[Co].[Cr].[Fe].[Ni].[Y]. The van der Waals surface area contributed by atoms with Gasteiger partial charge in [0.1, 0.15) is 0 Å². The number of hydrogen-bond acceptors (Lipinski definition) is 0. The van der Waals surface area contributed by atoms with Crippen LogP contribution in [0.4, 0.5) is 0 Å². The number of rotatable bonds is 0. The second-order valence-corrected chi connectivity index (χ2v) is 0. The summed E-state index contributed by atoms with van der Waals surface area (Å²) in [5.74, 6) is 0. The van der Waals surface area contributed by atoms with Crippen LogP contribution in [-0.2, 0) is 100 Å². The molecule has 0 heterocycles. The van der Waals surface area contributed by atoms with Crippen LogP contribution in [0.1, 0.15) is 0 Å². The molecule has 0 amide bonds. The second kappa shape index (κ2) is 37.8. The quantitative estimate of drug-likeness (QED) is 0.485. The molecular formula is H3AlCoCrFeNiY. The van der Waals surface area contributed by atoms with E-state index >= 15 is 0 Å². The summed E-state index contributed by atoms with van der Waals surface area (Å²) < 4.78 is 0. The van der Waals surface area contributed by atoms with Crippen LogP contribution >= 0.6 is 0 Å². The molecule has 0 aliphatic carbocycles. The Balaban J connectivity index is 0. The van der Waals surface area contributed by atoms with Gasteiger partial charge in [-0.15, -0.1) is 0 Å². The van der Waals surface area contributed by atoms with E-state index in [0.717, 1.165) is 0 Å². The Morgan fingerprint density at radius 2 is 1.00 bits per heavy atom. The van der Waals surface area contributed by atoms with Crippen molar-refractivity contribution in [1.29, 1.82) is 0 Å². The van der Waals surface area contributed by atoms with Crippen molar-refractivity contribution < 1.29 is 100 Å². The van der Waals surface area contributed by atoms with Gasteiger partial charge in [0.25, 0.3) is 0 Å². The van der Waals surface area contributed by atoms with Gasteiger partial charge in [-0.05, 0) is 0 Å². The molecule has 2 radical (unpaired) electrons. The average Bonchev–Trinajstić information content (AvgIpc) is 0. The predicted molar refractivity (Wildman–Crippen MR) is 9.94 cm³/mol. The summed E-state index contributed by atoms with van der Waals surface area (Å²) >= 11 is 0. The Kier molecular flexibility index (Phi) is 338. The zero-order chi connectivity index (χ0) is 0. The molecule has 0 saturated heterocycles. The van der Waals surface area contributed by atoms with Crippen molar-refractivity contribution in [3.05, 3.63) is 0 Å². The minimum atomic E-state index is 0. The molecule has 0 rings (SSSR count). The van der Waals surface area contributed by atoms with Crippen LogP contribution in [-0.4, -0.2) is 17.4 Å². The maximum Gasteiger partial charge on any atom is 0.187 e. The summed E-state index contributed by atoms with van der Waals surface area (Å²) in [6, 6.07) is 0. The van der Waals surface area contributed by atoms with E-state index in [4.69, 9.17) is 0 Å². The fourth-order valence-electron chi connectivity index (χ4n) is 0. The van der Waals surface area contributed by atoms with Gasteiger partial charge >= 0.3 is 0 Å². The molecule has 0 aliphatic rings. The van der Waals surface area contributed by atoms with Gasteiger partial charge in [-0.2, -0.15) is 0 Å². The van der Waals surface area contributed by atoms with E-state index < -0.39 is 0 Å². The molecule has 0 spiro atoms. The molecule has 0 bridgehead atoms. The summed E-state index contributed by atoms with van der Waals surface area (Å²) in [6.07, 6.45) is 0. The molecule has 0 N–H and O–H groups in total. The summed E-state index contributed by atoms with van der Waals surface area (Å²) in [4.78, 5) is 0. The second-order valence-electron chi connectivity index (χ2n) is 0. The zero-order valence-corrected chi connectivity index (χ0v) is 9.23. The van der Waals surface area contributed by atoms with Gasteiger partial charge in [0.15, 0.2) is 17.4 Å². The molecule has 6 heavy (non-hydrogen) atoms. The van der Waals surface area contributed by atoms with E-state index in [2.05, 4.69) is 0 Å². The topological polar surface area (TPSA) is 0 Å². The summed E-state index contributed by atoms with van der Waals surface area (Å²) in [7, 11) is 0. The monoisotopic (exact) mass is 344 g/mol. The molecule has 0 atom stereocenters. The van der Waals surface area contributed by atoms with Crippen molar-refractivity contribution in [2.45, 2.75) is 0 Å². The van der Waals surface area contributed by atoms with E-state index in [1.54, 1.807) is 0 Å². The van der Waals surface area contributed by atoms with Gasteiger partial charge in [0, 0.05) is 100 Å². The summed E-state index contributed by atoms with van der Waals surface area (Å²) in [5, 5.41) is 0. The Labute approximate surface area is 115 Å². The van der Waals surface area contributed by atoms with Crippen LogP contribution in [0.2, 0.25) is 0 Å². The van der Waals surface area contributed by atoms with Crippen LogP contribution in [0, 0.1) is 0 Å². The van der Waals surface area contributed by atoms with Gasteiger partial charge < -0.3 is 0 Å².